The van der Waals surface area contributed by atoms with E-state index in [0.717, 1.165) is 21.7 Å². The Bertz CT molecular complexity index is 974. The molecule has 0 fully saturated rings. The van der Waals surface area contributed by atoms with E-state index < -0.39 is 16.1 Å². The van der Waals surface area contributed by atoms with Gasteiger partial charge >= 0.3 is 0 Å². The monoisotopic (exact) mass is 404 g/mol. The Hall–Kier alpha value is -2.74. The number of amides is 1. The first-order valence-corrected chi connectivity index (χ1v) is 10.8. The molecule has 3 rings (SSSR count). The summed E-state index contributed by atoms with van der Waals surface area (Å²) in [4.78, 5) is 12.7. The number of fused-ring (bicyclic) bond motifs is 1. The van der Waals surface area contributed by atoms with Gasteiger partial charge in [0.2, 0.25) is 15.9 Å². The molecule has 2 aromatic rings. The highest BCUT2D eigenvalue weighted by atomic mass is 32.2. The van der Waals surface area contributed by atoms with Crippen LogP contribution in [0.3, 0.4) is 0 Å². The van der Waals surface area contributed by atoms with Crippen LogP contribution in [0.4, 0.5) is 5.69 Å². The second-order valence-electron chi connectivity index (χ2n) is 6.77. The lowest BCUT2D eigenvalue weighted by Gasteiger charge is -2.29. The van der Waals surface area contributed by atoms with Gasteiger partial charge in [0.15, 0.2) is 11.5 Å². The maximum atomic E-state index is 12.7. The van der Waals surface area contributed by atoms with Crippen molar-refractivity contribution in [2.45, 2.75) is 26.4 Å². The quantitative estimate of drug-likeness (QED) is 0.798. The lowest BCUT2D eigenvalue weighted by Crippen LogP contribution is -2.47. The molecule has 0 spiro atoms. The number of carbonyl (C=O) groups excluding carboxylic acids is 1. The molecule has 8 heteroatoms. The molecule has 0 aromatic heterocycles. The van der Waals surface area contributed by atoms with Crippen molar-refractivity contribution in [2.75, 3.05) is 23.8 Å². The fraction of sp³-hybridized carbons (Fsp3) is 0.350. The second-order valence-corrected chi connectivity index (χ2v) is 8.63. The number of rotatable bonds is 6. The van der Waals surface area contributed by atoms with Crippen LogP contribution in [0, 0.1) is 6.92 Å². The number of nitrogens with zero attached hydrogens (tertiary/aromatic N) is 1. The predicted octanol–water partition coefficient (Wildman–Crippen LogP) is 2.24. The number of nitrogens with one attached hydrogen (secondary N) is 1. The summed E-state index contributed by atoms with van der Waals surface area (Å²) in [6.45, 7) is 4.69. The predicted molar refractivity (Wildman–Crippen MR) is 107 cm³/mol. The molecule has 1 amide bonds. The van der Waals surface area contributed by atoms with Crippen molar-refractivity contribution in [1.29, 1.82) is 0 Å². The molecule has 1 atom stereocenters. The molecule has 0 aliphatic carbocycles. The molecule has 2 aromatic carbocycles. The van der Waals surface area contributed by atoms with Gasteiger partial charge in [-0.25, -0.2) is 8.42 Å². The zero-order chi connectivity index (χ0) is 20.3. The molecule has 0 unspecified atom stereocenters. The van der Waals surface area contributed by atoms with Gasteiger partial charge in [0, 0.05) is 12.6 Å². The van der Waals surface area contributed by atoms with Gasteiger partial charge in [0.1, 0.15) is 19.3 Å². The Morgan fingerprint density at radius 3 is 2.54 bits per heavy atom. The van der Waals surface area contributed by atoms with Crippen molar-refractivity contribution in [2.24, 2.45) is 0 Å². The van der Waals surface area contributed by atoms with E-state index in [4.69, 9.17) is 9.47 Å². The molecule has 7 nitrogen and oxygen atoms in total. The summed E-state index contributed by atoms with van der Waals surface area (Å²) < 4.78 is 37.0. The van der Waals surface area contributed by atoms with E-state index in [9.17, 15) is 13.2 Å². The highest BCUT2D eigenvalue weighted by Gasteiger charge is 2.30. The highest BCUT2D eigenvalue weighted by Crippen LogP contribution is 2.35. The number of hydrogen-bond donors (Lipinski definition) is 1. The van der Waals surface area contributed by atoms with Crippen LogP contribution in [0.5, 0.6) is 11.5 Å². The van der Waals surface area contributed by atoms with Crippen LogP contribution >= 0.6 is 0 Å². The van der Waals surface area contributed by atoms with Crippen LogP contribution in [-0.2, 0) is 21.4 Å². The zero-order valence-electron chi connectivity index (χ0n) is 16.1. The van der Waals surface area contributed by atoms with Gasteiger partial charge in [0.25, 0.3) is 0 Å². The van der Waals surface area contributed by atoms with Crippen molar-refractivity contribution >= 4 is 21.6 Å². The van der Waals surface area contributed by atoms with Crippen LogP contribution in [0.2, 0.25) is 0 Å². The fourth-order valence-electron chi connectivity index (χ4n) is 3.14. The molecule has 1 heterocycles. The first-order valence-electron chi connectivity index (χ1n) is 8.98. The number of aryl methyl sites for hydroxylation is 1. The van der Waals surface area contributed by atoms with Crippen LogP contribution < -0.4 is 19.1 Å². The topological polar surface area (TPSA) is 84.9 Å². The summed E-state index contributed by atoms with van der Waals surface area (Å²) in [5.74, 6) is 0.631. The molecule has 1 N–H and O–H groups in total. The number of hydrogen-bond acceptors (Lipinski definition) is 5. The zero-order valence-corrected chi connectivity index (χ0v) is 17.0. The highest BCUT2D eigenvalue weighted by molar-refractivity contribution is 7.92. The summed E-state index contributed by atoms with van der Waals surface area (Å²) in [7, 11) is -3.70. The van der Waals surface area contributed by atoms with Crippen molar-refractivity contribution in [1.82, 2.24) is 5.32 Å². The van der Waals surface area contributed by atoms with Crippen LogP contribution in [0.15, 0.2) is 42.5 Å². The third kappa shape index (κ3) is 4.56. The van der Waals surface area contributed by atoms with Crippen molar-refractivity contribution in [3.05, 3.63) is 53.6 Å². The maximum Gasteiger partial charge on any atom is 0.243 e. The van der Waals surface area contributed by atoms with Gasteiger partial charge in [-0.05, 0) is 31.5 Å². The largest absolute Gasteiger partial charge is 0.486 e. The van der Waals surface area contributed by atoms with Gasteiger partial charge in [-0.15, -0.1) is 0 Å². The molecule has 1 aliphatic heterocycles. The third-order valence-corrected chi connectivity index (χ3v) is 5.66. The Morgan fingerprint density at radius 1 is 1.14 bits per heavy atom. The number of sulfonamides is 1. The van der Waals surface area contributed by atoms with Crippen molar-refractivity contribution < 1.29 is 22.7 Å². The van der Waals surface area contributed by atoms with Crippen molar-refractivity contribution in [3.8, 4) is 11.5 Å². The lowest BCUT2D eigenvalue weighted by atomic mass is 10.1. The summed E-state index contributed by atoms with van der Waals surface area (Å²) in [6.07, 6.45) is 1.08. The Kier molecular flexibility index (Phi) is 5.79. The summed E-state index contributed by atoms with van der Waals surface area (Å²) in [5, 5.41) is 2.81. The van der Waals surface area contributed by atoms with E-state index in [2.05, 4.69) is 5.32 Å². The average molecular weight is 404 g/mol. The normalized spacial score (nSPS) is 14.2. The molecular weight excluding hydrogens is 380 g/mol. The molecule has 28 heavy (non-hydrogen) atoms. The Balaban J connectivity index is 1.80. The lowest BCUT2D eigenvalue weighted by molar-refractivity contribution is -0.122. The molecule has 0 radical (unpaired) electrons. The summed E-state index contributed by atoms with van der Waals surface area (Å²) in [6, 6.07) is 11.7. The SMILES string of the molecule is Cc1cccc(CNC(=O)[C@H](C)N(c2ccc3c(c2)OCCO3)S(C)(=O)=O)c1. The van der Waals surface area contributed by atoms with E-state index in [1.807, 2.05) is 31.2 Å². The fourth-order valence-corrected chi connectivity index (χ4v) is 4.30. The molecule has 1 aliphatic rings. The average Bonchev–Trinajstić information content (AvgIpc) is 2.65. The minimum Gasteiger partial charge on any atom is -0.486 e. The Labute approximate surface area is 165 Å². The number of ether oxygens (including phenoxy) is 2. The van der Waals surface area contributed by atoms with Gasteiger partial charge < -0.3 is 14.8 Å². The number of carbonyl (C=O) groups is 1. The minimum absolute atomic E-state index is 0.323. The van der Waals surface area contributed by atoms with Crippen molar-refractivity contribution in [3.63, 3.8) is 0 Å². The van der Waals surface area contributed by atoms with E-state index in [-0.39, 0.29) is 5.91 Å². The molecule has 0 saturated carbocycles. The minimum atomic E-state index is -3.70. The standard InChI is InChI=1S/C20H24N2O5S/c1-14-5-4-6-16(11-14)13-21-20(23)15(2)22(28(3,24)25)17-7-8-18-19(12-17)27-10-9-26-18/h4-8,11-12,15H,9-10,13H2,1-3H3,(H,21,23)/t15-/m0/s1. The molecule has 0 saturated heterocycles. The maximum absolute atomic E-state index is 12.7. The molecular formula is C20H24N2O5S. The van der Waals surface area contributed by atoms with Gasteiger partial charge in [-0.1, -0.05) is 29.8 Å². The summed E-state index contributed by atoms with van der Waals surface area (Å²) >= 11 is 0. The van der Waals surface area contributed by atoms with Gasteiger partial charge in [-0.3, -0.25) is 9.10 Å². The first-order chi connectivity index (χ1) is 13.3. The second kappa shape index (κ2) is 8.10. The van der Waals surface area contributed by atoms with Crippen LogP contribution in [0.1, 0.15) is 18.1 Å². The third-order valence-electron chi connectivity index (χ3n) is 4.42. The number of anilines is 1. The van der Waals surface area contributed by atoms with E-state index >= 15 is 0 Å². The van der Waals surface area contributed by atoms with Gasteiger partial charge in [-0.2, -0.15) is 0 Å². The number of benzene rings is 2. The Morgan fingerprint density at radius 2 is 1.86 bits per heavy atom. The van der Waals surface area contributed by atoms with Gasteiger partial charge in [0.05, 0.1) is 11.9 Å². The molecule has 0 bridgehead atoms. The summed E-state index contributed by atoms with van der Waals surface area (Å²) in [5.41, 5.74) is 2.39. The van der Waals surface area contributed by atoms with E-state index in [1.165, 1.54) is 0 Å². The smallest absolute Gasteiger partial charge is 0.243 e. The molecule has 150 valence electrons. The van der Waals surface area contributed by atoms with Crippen LogP contribution in [0.25, 0.3) is 0 Å². The van der Waals surface area contributed by atoms with Crippen LogP contribution in [-0.4, -0.2) is 39.8 Å². The van der Waals surface area contributed by atoms with E-state index in [1.54, 1.807) is 25.1 Å². The van der Waals surface area contributed by atoms with E-state index in [0.29, 0.717) is 36.9 Å². The first kappa shape index (κ1) is 20.0.